The van der Waals surface area contributed by atoms with Crippen LogP contribution < -0.4 is 0 Å². The van der Waals surface area contributed by atoms with Crippen LogP contribution in [0.15, 0.2) is 36.4 Å². The number of ether oxygens (including phenoxy) is 1. The summed E-state index contributed by atoms with van der Waals surface area (Å²) < 4.78 is 44.2. The maximum Gasteiger partial charge on any atom is 0.416 e. The standard InChI is InChI=1S/C21H22ClF3O3/c1-12-6-17(27)10-20(28-12)18-8-14(19(22)9-15(18)11-26)7-13-2-4-16(5-3-13)21(23,24)25/h2-5,8-9,12,17,20,26-27H,6-7,10-11H2,1H3. The Morgan fingerprint density at radius 1 is 1.11 bits per heavy atom. The SMILES string of the molecule is CC1CC(O)CC(c2cc(Cc3ccc(C(F)(F)F)cc3)c(Cl)cc2CO)O1. The molecular formula is C21H22ClF3O3. The third-order valence-corrected chi connectivity index (χ3v) is 5.34. The maximum absolute atomic E-state index is 12.7. The Morgan fingerprint density at radius 3 is 2.36 bits per heavy atom. The van der Waals surface area contributed by atoms with Crippen LogP contribution in [0.3, 0.4) is 0 Å². The van der Waals surface area contributed by atoms with E-state index in [9.17, 15) is 23.4 Å². The van der Waals surface area contributed by atoms with E-state index in [1.165, 1.54) is 12.1 Å². The molecule has 0 aromatic heterocycles. The summed E-state index contributed by atoms with van der Waals surface area (Å²) in [6.07, 6.45) is -4.04. The molecule has 3 unspecified atom stereocenters. The van der Waals surface area contributed by atoms with Gasteiger partial charge in [0.2, 0.25) is 0 Å². The second kappa shape index (κ2) is 8.41. The topological polar surface area (TPSA) is 49.7 Å². The molecule has 0 spiro atoms. The maximum atomic E-state index is 12.7. The van der Waals surface area contributed by atoms with Crippen LogP contribution in [0.25, 0.3) is 0 Å². The lowest BCUT2D eigenvalue weighted by molar-refractivity contribution is -0.137. The van der Waals surface area contributed by atoms with Gasteiger partial charge in [-0.3, -0.25) is 0 Å². The van der Waals surface area contributed by atoms with Crippen LogP contribution in [0.2, 0.25) is 5.02 Å². The van der Waals surface area contributed by atoms with Gasteiger partial charge in [-0.2, -0.15) is 13.2 Å². The van der Waals surface area contributed by atoms with Gasteiger partial charge in [0.05, 0.1) is 30.5 Å². The first-order chi connectivity index (χ1) is 13.2. The summed E-state index contributed by atoms with van der Waals surface area (Å²) in [6.45, 7) is 1.66. The van der Waals surface area contributed by atoms with Crippen LogP contribution in [-0.2, 0) is 23.9 Å². The first kappa shape index (κ1) is 21.1. The van der Waals surface area contributed by atoms with Gasteiger partial charge in [0.1, 0.15) is 0 Å². The van der Waals surface area contributed by atoms with Crippen LogP contribution in [-0.4, -0.2) is 22.4 Å². The Labute approximate surface area is 166 Å². The average molecular weight is 415 g/mol. The molecule has 2 N–H and O–H groups in total. The Balaban J connectivity index is 1.89. The molecule has 7 heteroatoms. The fourth-order valence-electron chi connectivity index (χ4n) is 3.60. The number of rotatable bonds is 4. The molecule has 2 aromatic rings. The van der Waals surface area contributed by atoms with Crippen molar-refractivity contribution in [1.82, 2.24) is 0 Å². The van der Waals surface area contributed by atoms with E-state index in [0.717, 1.165) is 23.3 Å². The summed E-state index contributed by atoms with van der Waals surface area (Å²) in [5.74, 6) is 0. The van der Waals surface area contributed by atoms with Gasteiger partial charge >= 0.3 is 6.18 Å². The first-order valence-corrected chi connectivity index (χ1v) is 9.47. The van der Waals surface area contributed by atoms with Crippen molar-refractivity contribution >= 4 is 11.6 Å². The summed E-state index contributed by atoms with van der Waals surface area (Å²) in [4.78, 5) is 0. The first-order valence-electron chi connectivity index (χ1n) is 9.09. The quantitative estimate of drug-likeness (QED) is 0.736. The molecule has 1 fully saturated rings. The molecule has 3 rings (SSSR count). The van der Waals surface area contributed by atoms with Crippen LogP contribution in [0.5, 0.6) is 0 Å². The molecule has 1 aliphatic heterocycles. The van der Waals surface area contributed by atoms with E-state index < -0.39 is 17.8 Å². The van der Waals surface area contributed by atoms with E-state index in [1.54, 1.807) is 6.07 Å². The summed E-state index contributed by atoms with van der Waals surface area (Å²) in [7, 11) is 0. The van der Waals surface area contributed by atoms with Crippen molar-refractivity contribution in [2.24, 2.45) is 0 Å². The number of benzene rings is 2. The fraction of sp³-hybridized carbons (Fsp3) is 0.429. The number of alkyl halides is 3. The fourth-order valence-corrected chi connectivity index (χ4v) is 3.85. The number of aliphatic hydroxyl groups is 2. The second-order valence-corrected chi connectivity index (χ2v) is 7.64. The van der Waals surface area contributed by atoms with Crippen molar-refractivity contribution in [2.45, 2.75) is 57.3 Å². The molecule has 0 aliphatic carbocycles. The van der Waals surface area contributed by atoms with Gasteiger partial charge < -0.3 is 14.9 Å². The lowest BCUT2D eigenvalue weighted by Crippen LogP contribution is -2.30. The molecular weight excluding hydrogens is 393 g/mol. The largest absolute Gasteiger partial charge is 0.416 e. The smallest absolute Gasteiger partial charge is 0.393 e. The second-order valence-electron chi connectivity index (χ2n) is 7.23. The minimum absolute atomic E-state index is 0.116. The van der Waals surface area contributed by atoms with E-state index >= 15 is 0 Å². The molecule has 1 aliphatic rings. The predicted molar refractivity (Wildman–Crippen MR) is 100 cm³/mol. The highest BCUT2D eigenvalue weighted by Crippen LogP contribution is 2.36. The van der Waals surface area contributed by atoms with E-state index in [-0.39, 0.29) is 18.8 Å². The zero-order valence-electron chi connectivity index (χ0n) is 15.3. The zero-order valence-corrected chi connectivity index (χ0v) is 16.1. The Kier molecular flexibility index (Phi) is 6.34. The zero-order chi connectivity index (χ0) is 20.5. The van der Waals surface area contributed by atoms with Crippen LogP contribution in [0.4, 0.5) is 13.2 Å². The molecule has 1 heterocycles. The van der Waals surface area contributed by atoms with Gasteiger partial charge in [-0.1, -0.05) is 29.8 Å². The Bertz CT molecular complexity index is 811. The minimum atomic E-state index is -4.37. The van der Waals surface area contributed by atoms with Gasteiger partial charge in [0.25, 0.3) is 0 Å². The van der Waals surface area contributed by atoms with Gasteiger partial charge in [0, 0.05) is 11.4 Å². The van der Waals surface area contributed by atoms with Crippen LogP contribution in [0, 0.1) is 0 Å². The summed E-state index contributed by atoms with van der Waals surface area (Å²) >= 11 is 6.35. The minimum Gasteiger partial charge on any atom is -0.393 e. The molecule has 2 aromatic carbocycles. The third kappa shape index (κ3) is 4.87. The highest BCUT2D eigenvalue weighted by atomic mass is 35.5. The monoisotopic (exact) mass is 414 g/mol. The molecule has 3 nitrogen and oxygen atoms in total. The normalized spacial score (nSPS) is 23.0. The van der Waals surface area contributed by atoms with Gasteiger partial charge in [-0.05, 0) is 60.2 Å². The lowest BCUT2D eigenvalue weighted by Gasteiger charge is -2.33. The lowest BCUT2D eigenvalue weighted by atomic mass is 9.91. The summed E-state index contributed by atoms with van der Waals surface area (Å²) in [5, 5.41) is 20.2. The Hall–Kier alpha value is -1.60. The number of hydrogen-bond acceptors (Lipinski definition) is 3. The van der Waals surface area contributed by atoms with Gasteiger partial charge in [-0.15, -0.1) is 0 Å². The van der Waals surface area contributed by atoms with E-state index in [2.05, 4.69) is 0 Å². The van der Waals surface area contributed by atoms with Crippen molar-refractivity contribution in [3.05, 3.63) is 69.2 Å². The summed E-state index contributed by atoms with van der Waals surface area (Å²) in [5.41, 5.74) is 2.09. The summed E-state index contributed by atoms with van der Waals surface area (Å²) in [6, 6.07) is 8.44. The van der Waals surface area contributed by atoms with E-state index in [4.69, 9.17) is 16.3 Å². The van der Waals surface area contributed by atoms with E-state index in [1.807, 2.05) is 13.0 Å². The molecule has 0 saturated carbocycles. The van der Waals surface area contributed by atoms with Crippen molar-refractivity contribution in [3.8, 4) is 0 Å². The van der Waals surface area contributed by atoms with Gasteiger partial charge in [-0.25, -0.2) is 0 Å². The van der Waals surface area contributed by atoms with Gasteiger partial charge in [0.15, 0.2) is 0 Å². The average Bonchev–Trinajstić information content (AvgIpc) is 2.62. The predicted octanol–water partition coefficient (Wildman–Crippen LogP) is 5.04. The Morgan fingerprint density at radius 2 is 1.79 bits per heavy atom. The molecule has 152 valence electrons. The van der Waals surface area contributed by atoms with Crippen molar-refractivity contribution < 1.29 is 28.1 Å². The van der Waals surface area contributed by atoms with Crippen LogP contribution >= 0.6 is 11.6 Å². The number of aliphatic hydroxyl groups excluding tert-OH is 2. The van der Waals surface area contributed by atoms with Crippen molar-refractivity contribution in [2.75, 3.05) is 0 Å². The molecule has 0 amide bonds. The number of halogens is 4. The highest BCUT2D eigenvalue weighted by molar-refractivity contribution is 6.31. The van der Waals surface area contributed by atoms with E-state index in [0.29, 0.717) is 35.4 Å². The van der Waals surface area contributed by atoms with Crippen molar-refractivity contribution in [1.29, 1.82) is 0 Å². The molecule has 3 atom stereocenters. The van der Waals surface area contributed by atoms with Crippen LogP contribution in [0.1, 0.15) is 53.7 Å². The highest BCUT2D eigenvalue weighted by Gasteiger charge is 2.30. The third-order valence-electron chi connectivity index (χ3n) is 4.99. The molecule has 0 radical (unpaired) electrons. The molecule has 0 bridgehead atoms. The molecule has 1 saturated heterocycles. The van der Waals surface area contributed by atoms with Crippen molar-refractivity contribution in [3.63, 3.8) is 0 Å². The number of hydrogen-bond donors (Lipinski definition) is 2. The molecule has 28 heavy (non-hydrogen) atoms.